The molecular weight excluding hydrogens is 316 g/mol. The van der Waals surface area contributed by atoms with E-state index in [9.17, 15) is 9.59 Å². The van der Waals surface area contributed by atoms with Gasteiger partial charge in [0, 0.05) is 18.8 Å². The van der Waals surface area contributed by atoms with Crippen LogP contribution in [-0.2, 0) is 4.79 Å². The van der Waals surface area contributed by atoms with Gasteiger partial charge in [-0.1, -0.05) is 29.8 Å². The van der Waals surface area contributed by atoms with Crippen LogP contribution in [0.3, 0.4) is 0 Å². The molecule has 0 saturated carbocycles. The molecule has 2 heterocycles. The van der Waals surface area contributed by atoms with E-state index in [1.165, 1.54) is 6.20 Å². The van der Waals surface area contributed by atoms with Crippen molar-refractivity contribution in [3.63, 3.8) is 0 Å². The van der Waals surface area contributed by atoms with E-state index in [1.54, 1.807) is 0 Å². The van der Waals surface area contributed by atoms with Crippen molar-refractivity contribution in [2.24, 2.45) is 5.92 Å². The van der Waals surface area contributed by atoms with Crippen LogP contribution in [0.4, 0.5) is 11.4 Å². The lowest BCUT2D eigenvalue weighted by atomic mass is 9.96. The quantitative estimate of drug-likeness (QED) is 0.904. The van der Waals surface area contributed by atoms with Gasteiger partial charge in [0.05, 0.1) is 17.8 Å². The summed E-state index contributed by atoms with van der Waals surface area (Å²) in [6, 6.07) is 9.38. The molecule has 0 bridgehead atoms. The van der Waals surface area contributed by atoms with Crippen LogP contribution in [0.5, 0.6) is 0 Å². The SMILES string of the molecule is O=C(Nc1ccccc1)C1CCCN(c2cn[nH]c(=O)c2Cl)C1. The third-order valence-electron chi connectivity index (χ3n) is 3.95. The zero-order valence-electron chi connectivity index (χ0n) is 12.5. The van der Waals surface area contributed by atoms with Gasteiger partial charge < -0.3 is 10.2 Å². The standard InChI is InChI=1S/C16H17ClN4O2/c17-14-13(9-18-20-16(14)23)21-8-4-5-11(10-21)15(22)19-12-6-2-1-3-7-12/h1-3,6-7,9,11H,4-5,8,10H2,(H,19,22)(H,20,23). The Morgan fingerprint density at radius 3 is 2.91 bits per heavy atom. The highest BCUT2D eigenvalue weighted by Gasteiger charge is 2.27. The Kier molecular flexibility index (Phi) is 4.62. The number of carbonyl (C=O) groups excluding carboxylic acids is 1. The van der Waals surface area contributed by atoms with Crippen molar-refractivity contribution < 1.29 is 4.79 Å². The fraction of sp³-hybridized carbons (Fsp3) is 0.312. The number of nitrogens with zero attached hydrogens (tertiary/aromatic N) is 2. The maximum Gasteiger partial charge on any atom is 0.285 e. The van der Waals surface area contributed by atoms with E-state index in [2.05, 4.69) is 15.5 Å². The molecule has 0 radical (unpaired) electrons. The van der Waals surface area contributed by atoms with Gasteiger partial charge >= 0.3 is 0 Å². The first-order valence-corrected chi connectivity index (χ1v) is 7.87. The van der Waals surface area contributed by atoms with Crippen molar-refractivity contribution in [3.8, 4) is 0 Å². The topological polar surface area (TPSA) is 78.1 Å². The number of aromatic nitrogens is 2. The van der Waals surface area contributed by atoms with E-state index in [1.807, 2.05) is 35.2 Å². The van der Waals surface area contributed by atoms with Crippen LogP contribution in [0.25, 0.3) is 0 Å². The molecule has 1 atom stereocenters. The van der Waals surface area contributed by atoms with Crippen molar-refractivity contribution in [2.45, 2.75) is 12.8 Å². The second-order valence-corrected chi connectivity index (χ2v) is 5.92. The summed E-state index contributed by atoms with van der Waals surface area (Å²) in [4.78, 5) is 26.0. The molecule has 3 rings (SSSR count). The highest BCUT2D eigenvalue weighted by atomic mass is 35.5. The van der Waals surface area contributed by atoms with Crippen molar-refractivity contribution in [3.05, 3.63) is 51.9 Å². The van der Waals surface area contributed by atoms with Gasteiger partial charge in [0.2, 0.25) is 5.91 Å². The molecule has 1 amide bonds. The molecule has 120 valence electrons. The second kappa shape index (κ2) is 6.83. The molecule has 1 aliphatic heterocycles. The van der Waals surface area contributed by atoms with Crippen LogP contribution in [0.15, 0.2) is 41.3 Å². The molecular formula is C16H17ClN4O2. The number of hydrogen-bond donors (Lipinski definition) is 2. The molecule has 0 aliphatic carbocycles. The van der Waals surface area contributed by atoms with Gasteiger partial charge in [0.25, 0.3) is 5.56 Å². The maximum absolute atomic E-state index is 12.4. The molecule has 23 heavy (non-hydrogen) atoms. The molecule has 2 N–H and O–H groups in total. The first-order chi connectivity index (χ1) is 11.1. The zero-order chi connectivity index (χ0) is 16.2. The summed E-state index contributed by atoms with van der Waals surface area (Å²) in [5.41, 5.74) is 0.943. The van der Waals surface area contributed by atoms with Crippen molar-refractivity contribution in [2.75, 3.05) is 23.3 Å². The van der Waals surface area contributed by atoms with Gasteiger partial charge in [-0.2, -0.15) is 5.10 Å². The first-order valence-electron chi connectivity index (χ1n) is 7.49. The van der Waals surface area contributed by atoms with Crippen LogP contribution in [0.2, 0.25) is 5.02 Å². The van der Waals surface area contributed by atoms with E-state index >= 15 is 0 Å². The Morgan fingerprint density at radius 2 is 2.13 bits per heavy atom. The Morgan fingerprint density at radius 1 is 1.35 bits per heavy atom. The number of carbonyl (C=O) groups is 1. The Hall–Kier alpha value is -2.34. The molecule has 1 aliphatic rings. The number of para-hydroxylation sites is 1. The minimum atomic E-state index is -0.417. The fourth-order valence-corrected chi connectivity index (χ4v) is 2.98. The molecule has 1 aromatic carbocycles. The number of anilines is 2. The maximum atomic E-state index is 12.4. The number of amides is 1. The number of hydrogen-bond acceptors (Lipinski definition) is 4. The summed E-state index contributed by atoms with van der Waals surface area (Å²) in [6.45, 7) is 1.27. The molecule has 1 fully saturated rings. The minimum absolute atomic E-state index is 0.0187. The van der Waals surface area contributed by atoms with Gasteiger partial charge in [-0.05, 0) is 25.0 Å². The van der Waals surface area contributed by atoms with E-state index in [0.717, 1.165) is 25.1 Å². The normalized spacial score (nSPS) is 17.8. The predicted molar refractivity (Wildman–Crippen MR) is 89.9 cm³/mol. The van der Waals surface area contributed by atoms with Crippen molar-refractivity contribution in [1.82, 2.24) is 10.2 Å². The zero-order valence-corrected chi connectivity index (χ0v) is 13.2. The summed E-state index contributed by atoms with van der Waals surface area (Å²) in [7, 11) is 0. The highest BCUT2D eigenvalue weighted by molar-refractivity contribution is 6.33. The monoisotopic (exact) mass is 332 g/mol. The Bertz CT molecular complexity index is 747. The number of H-pyrrole nitrogens is 1. The van der Waals surface area contributed by atoms with Crippen molar-refractivity contribution >= 4 is 28.9 Å². The van der Waals surface area contributed by atoms with Crippen molar-refractivity contribution in [1.29, 1.82) is 0 Å². The lowest BCUT2D eigenvalue weighted by molar-refractivity contribution is -0.120. The fourth-order valence-electron chi connectivity index (χ4n) is 2.77. The lowest BCUT2D eigenvalue weighted by Gasteiger charge is -2.33. The third-order valence-corrected chi connectivity index (χ3v) is 4.32. The molecule has 0 spiro atoms. The lowest BCUT2D eigenvalue weighted by Crippen LogP contribution is -2.41. The van der Waals surface area contributed by atoms with Gasteiger partial charge in [0.15, 0.2) is 0 Å². The smallest absolute Gasteiger partial charge is 0.285 e. The van der Waals surface area contributed by atoms with Gasteiger partial charge in [-0.3, -0.25) is 9.59 Å². The summed E-state index contributed by atoms with van der Waals surface area (Å²) < 4.78 is 0. The Balaban J connectivity index is 1.72. The number of aromatic amines is 1. The molecule has 1 saturated heterocycles. The highest BCUT2D eigenvalue weighted by Crippen LogP contribution is 2.27. The molecule has 1 unspecified atom stereocenters. The summed E-state index contributed by atoms with van der Waals surface area (Å²) in [6.07, 6.45) is 3.20. The number of benzene rings is 1. The second-order valence-electron chi connectivity index (χ2n) is 5.54. The molecule has 6 nitrogen and oxygen atoms in total. The van der Waals surface area contributed by atoms with Crippen LogP contribution >= 0.6 is 11.6 Å². The first kappa shape index (κ1) is 15.6. The number of halogens is 1. The average molecular weight is 333 g/mol. The van der Waals surface area contributed by atoms with E-state index in [-0.39, 0.29) is 16.8 Å². The third kappa shape index (κ3) is 3.53. The minimum Gasteiger partial charge on any atom is -0.368 e. The number of nitrogens with one attached hydrogen (secondary N) is 2. The van der Waals surface area contributed by atoms with E-state index in [4.69, 9.17) is 11.6 Å². The number of rotatable bonds is 3. The van der Waals surface area contributed by atoms with Crippen LogP contribution in [0.1, 0.15) is 12.8 Å². The average Bonchev–Trinajstić information content (AvgIpc) is 2.58. The molecule has 2 aromatic rings. The van der Waals surface area contributed by atoms with Crippen LogP contribution in [0, 0.1) is 5.92 Å². The van der Waals surface area contributed by atoms with E-state index < -0.39 is 5.56 Å². The van der Waals surface area contributed by atoms with Crippen LogP contribution < -0.4 is 15.8 Å². The van der Waals surface area contributed by atoms with Gasteiger partial charge in [-0.25, -0.2) is 5.10 Å². The van der Waals surface area contributed by atoms with Gasteiger partial charge in [0.1, 0.15) is 5.02 Å². The Labute approximate surface area is 138 Å². The molecule has 1 aromatic heterocycles. The van der Waals surface area contributed by atoms with E-state index in [0.29, 0.717) is 12.2 Å². The summed E-state index contributed by atoms with van der Waals surface area (Å²) >= 11 is 6.06. The number of piperidine rings is 1. The largest absolute Gasteiger partial charge is 0.368 e. The van der Waals surface area contributed by atoms with Gasteiger partial charge in [-0.15, -0.1) is 0 Å². The summed E-state index contributed by atoms with van der Waals surface area (Å²) in [5, 5.41) is 9.14. The molecule has 7 heteroatoms. The predicted octanol–water partition coefficient (Wildman–Crippen LogP) is 2.28. The summed E-state index contributed by atoms with van der Waals surface area (Å²) in [5.74, 6) is -0.172. The van der Waals surface area contributed by atoms with Crippen LogP contribution in [-0.4, -0.2) is 29.2 Å².